The molecule has 40 heavy (non-hydrogen) atoms. The fraction of sp³-hybridized carbons (Fsp3) is 0.103. The maximum absolute atomic E-state index is 14.1. The van der Waals surface area contributed by atoms with Gasteiger partial charge in [-0.25, -0.2) is 17.5 Å². The number of ether oxygens (including phenoxy) is 2. The highest BCUT2D eigenvalue weighted by Gasteiger charge is 2.55. The molecule has 0 fully saturated rings. The highest BCUT2D eigenvalue weighted by Crippen LogP contribution is 2.48. The van der Waals surface area contributed by atoms with Crippen molar-refractivity contribution < 1.29 is 27.5 Å². The number of benzene rings is 4. The van der Waals surface area contributed by atoms with E-state index in [1.807, 2.05) is 30.3 Å². The first kappa shape index (κ1) is 27.7. The van der Waals surface area contributed by atoms with Crippen LogP contribution in [0.4, 0.5) is 5.69 Å². The molecule has 0 saturated heterocycles. The van der Waals surface area contributed by atoms with E-state index >= 15 is 0 Å². The van der Waals surface area contributed by atoms with Gasteiger partial charge in [-0.05, 0) is 48.0 Å². The van der Waals surface area contributed by atoms with Crippen molar-refractivity contribution >= 4 is 50.8 Å². The molecule has 1 amide bonds. The molecule has 1 aliphatic rings. The third-order valence-electron chi connectivity index (χ3n) is 6.55. The van der Waals surface area contributed by atoms with Crippen molar-refractivity contribution in [3.8, 4) is 5.75 Å². The van der Waals surface area contributed by atoms with E-state index in [0.717, 1.165) is 5.56 Å². The Hall–Kier alpha value is -3.89. The largest absolute Gasteiger partial charge is 0.495 e. The van der Waals surface area contributed by atoms with E-state index in [0.29, 0.717) is 4.31 Å². The normalized spacial score (nSPS) is 16.5. The number of hydrogen-bond acceptors (Lipinski definition) is 7. The quantitative estimate of drug-likeness (QED) is 0.288. The summed E-state index contributed by atoms with van der Waals surface area (Å²) < 4.78 is 39.4. The number of esters is 1. The molecule has 1 heterocycles. The lowest BCUT2D eigenvalue weighted by molar-refractivity contribution is -0.120. The number of anilines is 1. The van der Waals surface area contributed by atoms with Crippen LogP contribution in [-0.4, -0.2) is 27.4 Å². The van der Waals surface area contributed by atoms with Crippen LogP contribution in [0.1, 0.15) is 27.0 Å². The maximum atomic E-state index is 14.1. The monoisotopic (exact) mass is 596 g/mol. The van der Waals surface area contributed by atoms with Crippen LogP contribution < -0.4 is 14.8 Å². The number of methoxy groups -OCH3 is 1. The molecule has 0 aliphatic carbocycles. The molecule has 1 atom stereocenters. The van der Waals surface area contributed by atoms with Crippen LogP contribution >= 0.6 is 23.2 Å². The fourth-order valence-electron chi connectivity index (χ4n) is 4.58. The Labute approximate surface area is 240 Å². The van der Waals surface area contributed by atoms with Gasteiger partial charge in [0.2, 0.25) is 0 Å². The predicted octanol–water partition coefficient (Wildman–Crippen LogP) is 5.30. The summed E-state index contributed by atoms with van der Waals surface area (Å²) in [6, 6.07) is 23.5. The number of carbonyl (C=O) groups is 2. The Kier molecular flexibility index (Phi) is 7.32. The van der Waals surface area contributed by atoms with E-state index < -0.39 is 27.4 Å². The van der Waals surface area contributed by atoms with Crippen molar-refractivity contribution in [2.24, 2.45) is 5.73 Å². The lowest BCUT2D eigenvalue weighted by Gasteiger charge is -2.26. The molecule has 0 bridgehead atoms. The van der Waals surface area contributed by atoms with Crippen molar-refractivity contribution in [1.82, 2.24) is 0 Å². The maximum Gasteiger partial charge on any atom is 0.338 e. The molecule has 0 radical (unpaired) electrons. The molecule has 4 aromatic carbocycles. The van der Waals surface area contributed by atoms with Gasteiger partial charge < -0.3 is 15.2 Å². The molecule has 1 aliphatic heterocycles. The number of nitrogens with zero attached hydrogens (tertiary/aromatic N) is 1. The average Bonchev–Trinajstić information content (AvgIpc) is 3.18. The summed E-state index contributed by atoms with van der Waals surface area (Å²) in [7, 11) is -3.35. The lowest BCUT2D eigenvalue weighted by Crippen LogP contribution is -2.49. The van der Waals surface area contributed by atoms with Crippen LogP contribution in [0.2, 0.25) is 10.0 Å². The van der Waals surface area contributed by atoms with Gasteiger partial charge in [-0.2, -0.15) is 0 Å². The number of carbonyl (C=O) groups excluding carboxylic acids is 2. The highest BCUT2D eigenvalue weighted by atomic mass is 35.5. The number of rotatable bonds is 7. The van der Waals surface area contributed by atoms with Crippen LogP contribution in [0, 0.1) is 0 Å². The zero-order valence-electron chi connectivity index (χ0n) is 21.0. The molecule has 1 unspecified atom stereocenters. The van der Waals surface area contributed by atoms with Gasteiger partial charge in [0.1, 0.15) is 17.3 Å². The van der Waals surface area contributed by atoms with E-state index in [1.54, 1.807) is 24.3 Å². The molecule has 204 valence electrons. The summed E-state index contributed by atoms with van der Waals surface area (Å²) in [4.78, 5) is 26.3. The Morgan fingerprint density at radius 3 is 2.33 bits per heavy atom. The van der Waals surface area contributed by atoms with Gasteiger partial charge in [-0.15, -0.1) is 0 Å². The van der Waals surface area contributed by atoms with Crippen molar-refractivity contribution in [1.29, 1.82) is 0 Å². The second-order valence-corrected chi connectivity index (χ2v) is 11.6. The predicted molar refractivity (Wildman–Crippen MR) is 151 cm³/mol. The van der Waals surface area contributed by atoms with Gasteiger partial charge in [-0.1, -0.05) is 71.7 Å². The third kappa shape index (κ3) is 4.61. The lowest BCUT2D eigenvalue weighted by atomic mass is 9.85. The molecule has 0 spiro atoms. The molecular weight excluding hydrogens is 575 g/mol. The standard InChI is InChI=1S/C29H22Cl2N2O6S/c1-38-25-15-19(27(34)39-17-18-7-3-2-4-8-18)11-14-26(25)40(36,37)33-24-13-12-20(30)16-22(24)29(32,28(33)35)21-9-5-6-10-23(21)31/h2-16H,17,32H2,1H3. The Bertz CT molecular complexity index is 1750. The Morgan fingerprint density at radius 1 is 0.925 bits per heavy atom. The average molecular weight is 597 g/mol. The van der Waals surface area contributed by atoms with Crippen LogP contribution in [0.5, 0.6) is 5.75 Å². The molecule has 0 saturated carbocycles. The van der Waals surface area contributed by atoms with E-state index in [-0.39, 0.29) is 49.7 Å². The van der Waals surface area contributed by atoms with Gasteiger partial charge in [-0.3, -0.25) is 4.79 Å². The minimum atomic E-state index is -4.61. The van der Waals surface area contributed by atoms with Crippen molar-refractivity contribution in [3.63, 3.8) is 0 Å². The minimum absolute atomic E-state index is 0.0187. The van der Waals surface area contributed by atoms with Crippen molar-refractivity contribution in [3.05, 3.63) is 123 Å². The molecule has 5 rings (SSSR count). The van der Waals surface area contributed by atoms with Crippen molar-refractivity contribution in [2.45, 2.75) is 17.0 Å². The Morgan fingerprint density at radius 2 is 1.62 bits per heavy atom. The zero-order chi connectivity index (χ0) is 28.7. The first-order valence-corrected chi connectivity index (χ1v) is 14.1. The van der Waals surface area contributed by atoms with Crippen molar-refractivity contribution in [2.75, 3.05) is 11.4 Å². The number of sulfonamides is 1. The smallest absolute Gasteiger partial charge is 0.338 e. The number of nitrogens with two attached hydrogens (primary N) is 1. The summed E-state index contributed by atoms with van der Waals surface area (Å²) in [5.41, 5.74) is 6.01. The summed E-state index contributed by atoms with van der Waals surface area (Å²) in [5, 5.41) is 0.433. The van der Waals surface area contributed by atoms with E-state index in [1.165, 1.54) is 43.5 Å². The number of amides is 1. The van der Waals surface area contributed by atoms with Gasteiger partial charge >= 0.3 is 5.97 Å². The van der Waals surface area contributed by atoms with E-state index in [9.17, 15) is 18.0 Å². The number of halogens is 2. The van der Waals surface area contributed by atoms with Gasteiger partial charge in [0.15, 0.2) is 5.54 Å². The third-order valence-corrected chi connectivity index (χ3v) is 8.85. The first-order chi connectivity index (χ1) is 19.1. The van der Waals surface area contributed by atoms with E-state index in [4.69, 9.17) is 38.4 Å². The fourth-order valence-corrected chi connectivity index (χ4v) is 6.65. The van der Waals surface area contributed by atoms with E-state index in [2.05, 4.69) is 0 Å². The zero-order valence-corrected chi connectivity index (χ0v) is 23.3. The molecule has 4 aromatic rings. The SMILES string of the molecule is COc1cc(C(=O)OCc2ccccc2)ccc1S(=O)(=O)N1C(=O)C(N)(c2ccccc2Cl)c2cc(Cl)ccc21. The van der Waals surface area contributed by atoms with Crippen LogP contribution in [0.25, 0.3) is 0 Å². The summed E-state index contributed by atoms with van der Waals surface area (Å²) in [5.74, 6) is -1.79. The summed E-state index contributed by atoms with van der Waals surface area (Å²) in [6.45, 7) is 0.0320. The topological polar surface area (TPSA) is 116 Å². The molecule has 11 heteroatoms. The molecule has 0 aromatic heterocycles. The second-order valence-electron chi connectivity index (χ2n) is 8.95. The summed E-state index contributed by atoms with van der Waals surface area (Å²) in [6.07, 6.45) is 0. The van der Waals surface area contributed by atoms with Crippen LogP contribution in [0.3, 0.4) is 0 Å². The Balaban J connectivity index is 1.55. The molecule has 8 nitrogen and oxygen atoms in total. The molecular formula is C29H22Cl2N2O6S. The van der Waals surface area contributed by atoms with Gasteiger partial charge in [0, 0.05) is 21.2 Å². The van der Waals surface area contributed by atoms with Gasteiger partial charge in [0.05, 0.1) is 18.4 Å². The van der Waals surface area contributed by atoms with Crippen LogP contribution in [0.15, 0.2) is 95.9 Å². The highest BCUT2D eigenvalue weighted by molar-refractivity contribution is 7.93. The second kappa shape index (κ2) is 10.6. The number of hydrogen-bond donors (Lipinski definition) is 1. The van der Waals surface area contributed by atoms with Crippen LogP contribution in [-0.2, 0) is 31.7 Å². The first-order valence-electron chi connectivity index (χ1n) is 11.9. The minimum Gasteiger partial charge on any atom is -0.495 e. The summed E-state index contributed by atoms with van der Waals surface area (Å²) >= 11 is 12.6. The molecule has 2 N–H and O–H groups in total. The number of fused-ring (bicyclic) bond motifs is 1. The van der Waals surface area contributed by atoms with Gasteiger partial charge in [0.25, 0.3) is 15.9 Å².